The summed E-state index contributed by atoms with van der Waals surface area (Å²) >= 11 is 0. The van der Waals surface area contributed by atoms with Crippen molar-refractivity contribution in [3.8, 4) is 0 Å². The Morgan fingerprint density at radius 2 is 1.92 bits per heavy atom. The Morgan fingerprint density at radius 1 is 1.31 bits per heavy atom. The molecule has 3 heteroatoms. The molecular formula is C10H14FNO. The van der Waals surface area contributed by atoms with Gasteiger partial charge in [-0.1, -0.05) is 13.0 Å². The number of halogens is 1. The van der Waals surface area contributed by atoms with Crippen LogP contribution in [0.1, 0.15) is 18.1 Å². The summed E-state index contributed by atoms with van der Waals surface area (Å²) in [6.45, 7) is 2.33. The molecule has 0 amide bonds. The fourth-order valence-electron chi connectivity index (χ4n) is 1.28. The molecule has 0 bridgehead atoms. The van der Waals surface area contributed by atoms with E-state index in [1.165, 1.54) is 19.2 Å². The lowest BCUT2D eigenvalue weighted by molar-refractivity contribution is -0.0732. The normalized spacial score (nSPS) is 10.8. The lowest BCUT2D eigenvalue weighted by atomic mass is 10.1. The van der Waals surface area contributed by atoms with Gasteiger partial charge in [-0.3, -0.25) is 0 Å². The minimum atomic E-state index is -0.240. The predicted octanol–water partition coefficient (Wildman–Crippen LogP) is 2.21. The Labute approximate surface area is 77.6 Å². The molecule has 0 radical (unpaired) electrons. The largest absolute Gasteiger partial charge is 0.314 e. The Kier molecular flexibility index (Phi) is 3.39. The van der Waals surface area contributed by atoms with Gasteiger partial charge in [-0.2, -0.15) is 5.06 Å². The van der Waals surface area contributed by atoms with Gasteiger partial charge in [0.15, 0.2) is 0 Å². The Bertz CT molecular complexity index is 286. The number of hydrogen-bond acceptors (Lipinski definition) is 2. The van der Waals surface area contributed by atoms with E-state index in [9.17, 15) is 4.39 Å². The molecule has 1 aromatic rings. The van der Waals surface area contributed by atoms with Crippen molar-refractivity contribution in [3.05, 3.63) is 35.1 Å². The molecule has 0 fully saturated rings. The zero-order valence-corrected chi connectivity index (χ0v) is 7.92. The molecule has 0 heterocycles. The third kappa shape index (κ3) is 3.13. The highest BCUT2D eigenvalue weighted by Gasteiger charge is 2.01. The first kappa shape index (κ1) is 10.2. The molecule has 0 spiro atoms. The highest BCUT2D eigenvalue weighted by atomic mass is 19.1. The average Bonchev–Trinajstić information content (AvgIpc) is 2.01. The molecule has 0 aliphatic carbocycles. The number of nitrogens with zero attached hydrogens (tertiary/aromatic N) is 1. The molecule has 1 rings (SSSR count). The Hall–Kier alpha value is -0.930. The van der Waals surface area contributed by atoms with E-state index in [0.717, 1.165) is 22.6 Å². The van der Waals surface area contributed by atoms with Gasteiger partial charge in [0.1, 0.15) is 5.82 Å². The molecule has 0 aliphatic heterocycles. The van der Waals surface area contributed by atoms with E-state index in [2.05, 4.69) is 0 Å². The average molecular weight is 183 g/mol. The fraction of sp³-hybridized carbons (Fsp3) is 0.400. The van der Waals surface area contributed by atoms with Gasteiger partial charge < -0.3 is 5.21 Å². The van der Waals surface area contributed by atoms with Gasteiger partial charge in [-0.15, -0.1) is 0 Å². The highest BCUT2D eigenvalue weighted by Crippen LogP contribution is 2.10. The number of rotatable bonds is 3. The summed E-state index contributed by atoms with van der Waals surface area (Å²) in [6.07, 6.45) is 0.805. The molecule has 0 aliphatic rings. The van der Waals surface area contributed by atoms with Crippen LogP contribution in [0.2, 0.25) is 0 Å². The molecule has 0 unspecified atom stereocenters. The van der Waals surface area contributed by atoms with Gasteiger partial charge in [0.25, 0.3) is 0 Å². The summed E-state index contributed by atoms with van der Waals surface area (Å²) in [5, 5.41) is 10.0. The molecule has 72 valence electrons. The predicted molar refractivity (Wildman–Crippen MR) is 49.0 cm³/mol. The van der Waals surface area contributed by atoms with Crippen LogP contribution in [0.15, 0.2) is 18.2 Å². The quantitative estimate of drug-likeness (QED) is 0.726. The maximum atomic E-state index is 13.0. The lowest BCUT2D eigenvalue weighted by Crippen LogP contribution is -2.11. The maximum Gasteiger partial charge on any atom is 0.123 e. The van der Waals surface area contributed by atoms with Gasteiger partial charge in [-0.25, -0.2) is 4.39 Å². The summed E-state index contributed by atoms with van der Waals surface area (Å²) in [5.74, 6) is -0.240. The van der Waals surface area contributed by atoms with Crippen LogP contribution >= 0.6 is 0 Å². The zero-order chi connectivity index (χ0) is 9.84. The summed E-state index contributed by atoms with van der Waals surface area (Å²) < 4.78 is 13.0. The summed E-state index contributed by atoms with van der Waals surface area (Å²) in [7, 11) is 1.54. The number of hydroxylamine groups is 2. The first-order valence-corrected chi connectivity index (χ1v) is 4.30. The monoisotopic (exact) mass is 183 g/mol. The van der Waals surface area contributed by atoms with Crippen LogP contribution in [0.3, 0.4) is 0 Å². The molecule has 1 aromatic carbocycles. The van der Waals surface area contributed by atoms with Crippen LogP contribution in [-0.4, -0.2) is 17.3 Å². The van der Waals surface area contributed by atoms with Crippen LogP contribution in [0.5, 0.6) is 0 Å². The fourth-order valence-corrected chi connectivity index (χ4v) is 1.28. The maximum absolute atomic E-state index is 13.0. The van der Waals surface area contributed by atoms with Gasteiger partial charge >= 0.3 is 0 Å². The second-order valence-corrected chi connectivity index (χ2v) is 3.14. The van der Waals surface area contributed by atoms with Crippen molar-refractivity contribution >= 4 is 0 Å². The van der Waals surface area contributed by atoms with Crippen molar-refractivity contribution in [2.45, 2.75) is 19.9 Å². The standard InChI is InChI=1S/C10H14FNO/c1-3-8-4-9(7-12(2)13)6-10(11)5-8/h4-6,13H,3,7H2,1-2H3. The molecule has 1 N–H and O–H groups in total. The van der Waals surface area contributed by atoms with Gasteiger partial charge in [0.05, 0.1) is 0 Å². The van der Waals surface area contributed by atoms with Crippen molar-refractivity contribution in [2.75, 3.05) is 7.05 Å². The van der Waals surface area contributed by atoms with Crippen molar-refractivity contribution in [1.29, 1.82) is 0 Å². The Balaban J connectivity index is 2.88. The minimum absolute atomic E-state index is 0.240. The van der Waals surface area contributed by atoms with E-state index in [-0.39, 0.29) is 5.82 Å². The number of benzene rings is 1. The Morgan fingerprint density at radius 3 is 2.46 bits per heavy atom. The molecule has 0 atom stereocenters. The summed E-state index contributed by atoms with van der Waals surface area (Å²) in [4.78, 5) is 0. The third-order valence-corrected chi connectivity index (χ3v) is 1.84. The molecule has 2 nitrogen and oxygen atoms in total. The van der Waals surface area contributed by atoms with E-state index >= 15 is 0 Å². The first-order chi connectivity index (χ1) is 6.11. The van der Waals surface area contributed by atoms with E-state index < -0.39 is 0 Å². The molecular weight excluding hydrogens is 169 g/mol. The van der Waals surface area contributed by atoms with E-state index in [1.54, 1.807) is 0 Å². The van der Waals surface area contributed by atoms with Crippen molar-refractivity contribution in [1.82, 2.24) is 5.06 Å². The van der Waals surface area contributed by atoms with Crippen molar-refractivity contribution < 1.29 is 9.60 Å². The second-order valence-electron chi connectivity index (χ2n) is 3.14. The van der Waals surface area contributed by atoms with Crippen LogP contribution in [0.4, 0.5) is 4.39 Å². The smallest absolute Gasteiger partial charge is 0.123 e. The first-order valence-electron chi connectivity index (χ1n) is 4.30. The van der Waals surface area contributed by atoms with Gasteiger partial charge in [0.2, 0.25) is 0 Å². The van der Waals surface area contributed by atoms with Crippen LogP contribution in [0.25, 0.3) is 0 Å². The SMILES string of the molecule is CCc1cc(F)cc(CN(C)O)c1. The molecule has 13 heavy (non-hydrogen) atoms. The van der Waals surface area contributed by atoms with Gasteiger partial charge in [-0.05, 0) is 29.7 Å². The highest BCUT2D eigenvalue weighted by molar-refractivity contribution is 5.24. The minimum Gasteiger partial charge on any atom is -0.314 e. The number of aryl methyl sites for hydroxylation is 1. The zero-order valence-electron chi connectivity index (χ0n) is 7.92. The molecule has 0 saturated heterocycles. The summed E-state index contributed by atoms with van der Waals surface area (Å²) in [5.41, 5.74) is 1.75. The van der Waals surface area contributed by atoms with Crippen molar-refractivity contribution in [3.63, 3.8) is 0 Å². The van der Waals surface area contributed by atoms with Gasteiger partial charge in [0, 0.05) is 13.6 Å². The molecule has 0 saturated carbocycles. The van der Waals surface area contributed by atoms with Crippen LogP contribution < -0.4 is 0 Å². The topological polar surface area (TPSA) is 23.5 Å². The van der Waals surface area contributed by atoms with E-state index in [0.29, 0.717) is 6.54 Å². The van der Waals surface area contributed by atoms with E-state index in [1.807, 2.05) is 13.0 Å². The lowest BCUT2D eigenvalue weighted by Gasteiger charge is -2.09. The summed E-state index contributed by atoms with van der Waals surface area (Å²) in [6, 6.07) is 4.85. The van der Waals surface area contributed by atoms with E-state index in [4.69, 9.17) is 5.21 Å². The third-order valence-electron chi connectivity index (χ3n) is 1.84. The second kappa shape index (κ2) is 4.35. The van der Waals surface area contributed by atoms with Crippen molar-refractivity contribution in [2.24, 2.45) is 0 Å². The van der Waals surface area contributed by atoms with Crippen LogP contribution in [0, 0.1) is 5.82 Å². The van der Waals surface area contributed by atoms with Crippen LogP contribution in [-0.2, 0) is 13.0 Å². The number of hydrogen-bond donors (Lipinski definition) is 1. The molecule has 0 aromatic heterocycles.